The van der Waals surface area contributed by atoms with Gasteiger partial charge < -0.3 is 4.74 Å². The van der Waals surface area contributed by atoms with Crippen molar-refractivity contribution in [2.75, 3.05) is 0 Å². The zero-order valence-corrected chi connectivity index (χ0v) is 17.2. The van der Waals surface area contributed by atoms with E-state index >= 15 is 0 Å². The van der Waals surface area contributed by atoms with E-state index in [-0.39, 0.29) is 28.4 Å². The highest BCUT2D eigenvalue weighted by molar-refractivity contribution is 6.30. The van der Waals surface area contributed by atoms with Crippen LogP contribution < -0.4 is 4.74 Å². The smallest absolute Gasteiger partial charge is 0.394 e. The summed E-state index contributed by atoms with van der Waals surface area (Å²) in [5, 5.41) is 0.185. The van der Waals surface area contributed by atoms with Crippen LogP contribution in [0.2, 0.25) is 5.15 Å². The standard InChI is InChI=1S/C17H19ClF5N3O.CO2/c1-5-11-13(18)26(9(2)25-11)14-12(27-15(19)20)6-10(8-24-14)7-16(3,4)17(21,22)23;2-1-3/h6,8,15H,5,7H2,1-4H3;. The molecule has 0 aromatic carbocycles. The number of ether oxygens (including phenoxy) is 1. The predicted molar refractivity (Wildman–Crippen MR) is 95.7 cm³/mol. The highest BCUT2D eigenvalue weighted by Crippen LogP contribution is 2.41. The summed E-state index contributed by atoms with van der Waals surface area (Å²) in [5.41, 5.74) is -1.40. The first-order chi connectivity index (χ1) is 13.8. The molecule has 0 saturated carbocycles. The lowest BCUT2D eigenvalue weighted by atomic mass is 9.85. The van der Waals surface area contributed by atoms with Gasteiger partial charge in [-0.25, -0.2) is 9.97 Å². The van der Waals surface area contributed by atoms with Gasteiger partial charge in [0.15, 0.2) is 11.6 Å². The quantitative estimate of drug-likeness (QED) is 0.577. The summed E-state index contributed by atoms with van der Waals surface area (Å²) in [6.45, 7) is 2.31. The monoisotopic (exact) mass is 455 g/mol. The van der Waals surface area contributed by atoms with Gasteiger partial charge in [0, 0.05) is 6.20 Å². The number of halogens is 6. The van der Waals surface area contributed by atoms with Crippen LogP contribution in [0.25, 0.3) is 5.82 Å². The number of aryl methyl sites for hydroxylation is 2. The Kier molecular flexibility index (Phi) is 8.50. The van der Waals surface area contributed by atoms with Gasteiger partial charge in [0.1, 0.15) is 11.0 Å². The van der Waals surface area contributed by atoms with Crippen LogP contribution in [0.1, 0.15) is 37.9 Å². The molecule has 0 fully saturated rings. The van der Waals surface area contributed by atoms with Crippen molar-refractivity contribution in [2.24, 2.45) is 5.41 Å². The van der Waals surface area contributed by atoms with Gasteiger partial charge >= 0.3 is 18.9 Å². The minimum absolute atomic E-state index is 0.0569. The number of hydrogen-bond acceptors (Lipinski definition) is 5. The molecule has 2 aromatic rings. The normalized spacial score (nSPS) is 11.7. The summed E-state index contributed by atoms with van der Waals surface area (Å²) in [6.07, 6.45) is -2.95. The first kappa shape index (κ1) is 25.5. The minimum atomic E-state index is -4.46. The average molecular weight is 456 g/mol. The van der Waals surface area contributed by atoms with Gasteiger partial charge in [0.05, 0.1) is 11.1 Å². The summed E-state index contributed by atoms with van der Waals surface area (Å²) >= 11 is 6.25. The van der Waals surface area contributed by atoms with Gasteiger partial charge in [-0.3, -0.25) is 4.57 Å². The van der Waals surface area contributed by atoms with Crippen molar-refractivity contribution in [3.05, 3.63) is 34.5 Å². The van der Waals surface area contributed by atoms with Crippen molar-refractivity contribution in [2.45, 2.75) is 53.3 Å². The Morgan fingerprint density at radius 3 is 2.27 bits per heavy atom. The number of rotatable bonds is 6. The third-order valence-corrected chi connectivity index (χ3v) is 4.51. The molecule has 0 aliphatic heterocycles. The molecule has 0 amide bonds. The van der Waals surface area contributed by atoms with Crippen molar-refractivity contribution in [1.82, 2.24) is 14.5 Å². The van der Waals surface area contributed by atoms with Crippen molar-refractivity contribution in [3.8, 4) is 11.6 Å². The Hall–Kier alpha value is -2.52. The molecule has 0 unspecified atom stereocenters. The van der Waals surface area contributed by atoms with E-state index in [1.54, 1.807) is 6.92 Å². The summed E-state index contributed by atoms with van der Waals surface area (Å²) in [4.78, 5) is 24.5. The van der Waals surface area contributed by atoms with E-state index in [4.69, 9.17) is 21.2 Å². The SMILES string of the molecule is CCc1nc(C)n(-c2ncc(CC(C)(C)C(F)(F)F)cc2OC(F)F)c1Cl.O=C=O. The van der Waals surface area contributed by atoms with E-state index in [0.29, 0.717) is 17.9 Å². The fourth-order valence-electron chi connectivity index (χ4n) is 2.57. The lowest BCUT2D eigenvalue weighted by molar-refractivity contribution is -0.211. The van der Waals surface area contributed by atoms with E-state index in [2.05, 4.69) is 14.7 Å². The van der Waals surface area contributed by atoms with E-state index in [9.17, 15) is 22.0 Å². The largest absolute Gasteiger partial charge is 0.431 e. The zero-order chi connectivity index (χ0) is 23.3. The Labute approximate surface area is 174 Å². The van der Waals surface area contributed by atoms with Gasteiger partial charge in [-0.05, 0) is 31.4 Å². The van der Waals surface area contributed by atoms with Crippen LogP contribution in [0.3, 0.4) is 0 Å². The Morgan fingerprint density at radius 2 is 1.83 bits per heavy atom. The summed E-state index contributed by atoms with van der Waals surface area (Å²) < 4.78 is 70.9. The molecule has 0 aliphatic rings. The highest BCUT2D eigenvalue weighted by Gasteiger charge is 2.47. The molecule has 2 heterocycles. The van der Waals surface area contributed by atoms with Crippen molar-refractivity contribution in [1.29, 1.82) is 0 Å². The molecule has 6 nitrogen and oxygen atoms in total. The molecule has 2 rings (SSSR count). The van der Waals surface area contributed by atoms with Gasteiger partial charge in [-0.2, -0.15) is 31.5 Å². The lowest BCUT2D eigenvalue weighted by Gasteiger charge is -2.27. The van der Waals surface area contributed by atoms with Crippen molar-refractivity contribution < 1.29 is 36.3 Å². The van der Waals surface area contributed by atoms with Gasteiger partial charge in [-0.15, -0.1) is 0 Å². The fourth-order valence-corrected chi connectivity index (χ4v) is 2.95. The van der Waals surface area contributed by atoms with E-state index in [1.165, 1.54) is 10.8 Å². The Bertz CT molecular complexity index is 907. The third-order valence-electron chi connectivity index (χ3n) is 4.12. The van der Waals surface area contributed by atoms with Crippen LogP contribution in [0.5, 0.6) is 5.75 Å². The molecule has 0 N–H and O–H groups in total. The Balaban J connectivity index is 0.00000141. The first-order valence-electron chi connectivity index (χ1n) is 8.52. The number of hydrogen-bond donors (Lipinski definition) is 0. The molecular weight excluding hydrogens is 437 g/mol. The number of nitrogens with zero attached hydrogens (tertiary/aromatic N) is 3. The molecular formula is C18H19ClF5N3O3. The predicted octanol–water partition coefficient (Wildman–Crippen LogP) is 4.94. The van der Waals surface area contributed by atoms with Crippen LogP contribution in [0, 0.1) is 12.3 Å². The second-order valence-corrected chi connectivity index (χ2v) is 7.13. The molecule has 0 spiro atoms. The topological polar surface area (TPSA) is 74.1 Å². The maximum Gasteiger partial charge on any atom is 0.394 e. The Morgan fingerprint density at radius 1 is 1.27 bits per heavy atom. The van der Waals surface area contributed by atoms with Crippen LogP contribution in [0.15, 0.2) is 12.3 Å². The number of pyridine rings is 1. The van der Waals surface area contributed by atoms with E-state index in [0.717, 1.165) is 19.9 Å². The fraction of sp³-hybridized carbons (Fsp3) is 0.500. The van der Waals surface area contributed by atoms with Gasteiger partial charge in [-0.1, -0.05) is 32.4 Å². The summed E-state index contributed by atoms with van der Waals surface area (Å²) in [7, 11) is 0. The maximum absolute atomic E-state index is 13.1. The molecule has 166 valence electrons. The first-order valence-corrected chi connectivity index (χ1v) is 8.90. The number of imidazole rings is 1. The van der Waals surface area contributed by atoms with Crippen molar-refractivity contribution >= 4 is 17.8 Å². The van der Waals surface area contributed by atoms with Gasteiger partial charge in [0.2, 0.25) is 0 Å². The second-order valence-electron chi connectivity index (χ2n) is 6.77. The maximum atomic E-state index is 13.1. The van der Waals surface area contributed by atoms with Crippen LogP contribution in [-0.4, -0.2) is 33.5 Å². The number of aromatic nitrogens is 3. The van der Waals surface area contributed by atoms with Crippen LogP contribution in [-0.2, 0) is 22.4 Å². The molecule has 2 aromatic heterocycles. The molecule has 30 heavy (non-hydrogen) atoms. The summed E-state index contributed by atoms with van der Waals surface area (Å²) in [6, 6.07) is 1.13. The highest BCUT2D eigenvalue weighted by atomic mass is 35.5. The molecule has 0 bridgehead atoms. The number of alkyl halides is 5. The van der Waals surface area contributed by atoms with E-state index in [1.807, 2.05) is 6.92 Å². The molecule has 0 atom stereocenters. The molecule has 12 heteroatoms. The minimum Gasteiger partial charge on any atom is -0.431 e. The van der Waals surface area contributed by atoms with Crippen LogP contribution >= 0.6 is 11.6 Å². The zero-order valence-electron chi connectivity index (χ0n) is 16.5. The molecule has 0 radical (unpaired) electrons. The molecule has 0 saturated heterocycles. The van der Waals surface area contributed by atoms with E-state index < -0.39 is 24.6 Å². The third kappa shape index (κ3) is 5.99. The van der Waals surface area contributed by atoms with Crippen molar-refractivity contribution in [3.63, 3.8) is 0 Å². The molecule has 0 aliphatic carbocycles. The lowest BCUT2D eigenvalue weighted by Crippen LogP contribution is -2.34. The second kappa shape index (κ2) is 9.99. The number of carbonyl (C=O) groups excluding carboxylic acids is 2. The summed E-state index contributed by atoms with van der Waals surface area (Å²) in [5.74, 6) is -0.0315. The average Bonchev–Trinajstić information content (AvgIpc) is 2.88. The van der Waals surface area contributed by atoms with Crippen LogP contribution in [0.4, 0.5) is 22.0 Å². The van der Waals surface area contributed by atoms with Gasteiger partial charge in [0.25, 0.3) is 0 Å².